The molecule has 2 aromatic rings. The van der Waals surface area contributed by atoms with Crippen molar-refractivity contribution in [1.82, 2.24) is 9.78 Å². The number of nitrogens with two attached hydrogens (primary N) is 1. The molecule has 0 unspecified atom stereocenters. The van der Waals surface area contributed by atoms with Gasteiger partial charge in [0.25, 0.3) is 0 Å². The molecular weight excluding hydrogens is 257 g/mol. The first-order valence-electron chi connectivity index (χ1n) is 6.71. The summed E-state index contributed by atoms with van der Waals surface area (Å²) in [6, 6.07) is 6.14. The average molecular weight is 277 g/mol. The standard InChI is InChI=1S/C15H20FN3O/c1-4-12-8-13(19(3)18-12)9-20-15-6-5-11(16)7-14(15)10(2)17/h5-8,10H,4,9,17H2,1-3H3/t10-/m1/s1. The van der Waals surface area contributed by atoms with Gasteiger partial charge in [-0.3, -0.25) is 4.68 Å². The maximum absolute atomic E-state index is 13.3. The summed E-state index contributed by atoms with van der Waals surface area (Å²) < 4.78 is 20.8. The van der Waals surface area contributed by atoms with Crippen molar-refractivity contribution in [3.8, 4) is 5.75 Å². The summed E-state index contributed by atoms with van der Waals surface area (Å²) in [5, 5.41) is 4.37. The summed E-state index contributed by atoms with van der Waals surface area (Å²) in [6.07, 6.45) is 0.884. The van der Waals surface area contributed by atoms with Crippen molar-refractivity contribution >= 4 is 0 Å². The summed E-state index contributed by atoms with van der Waals surface area (Å²) in [5.41, 5.74) is 8.51. The van der Waals surface area contributed by atoms with Crippen LogP contribution in [-0.4, -0.2) is 9.78 Å². The molecule has 0 saturated heterocycles. The molecule has 0 aliphatic rings. The number of nitrogens with zero attached hydrogens (tertiary/aromatic N) is 2. The van der Waals surface area contributed by atoms with Crippen LogP contribution in [0.5, 0.6) is 5.75 Å². The Bertz CT molecular complexity index is 593. The molecule has 1 heterocycles. The lowest BCUT2D eigenvalue weighted by molar-refractivity contribution is 0.290. The summed E-state index contributed by atoms with van der Waals surface area (Å²) in [4.78, 5) is 0. The fourth-order valence-corrected chi connectivity index (χ4v) is 2.04. The zero-order chi connectivity index (χ0) is 14.7. The van der Waals surface area contributed by atoms with Crippen LogP contribution in [0.3, 0.4) is 0 Å². The number of aryl methyl sites for hydroxylation is 2. The Morgan fingerprint density at radius 3 is 2.75 bits per heavy atom. The van der Waals surface area contributed by atoms with E-state index in [1.54, 1.807) is 17.7 Å². The monoisotopic (exact) mass is 277 g/mol. The van der Waals surface area contributed by atoms with Gasteiger partial charge in [-0.15, -0.1) is 0 Å². The van der Waals surface area contributed by atoms with E-state index in [-0.39, 0.29) is 11.9 Å². The van der Waals surface area contributed by atoms with Crippen LogP contribution in [0.1, 0.15) is 36.8 Å². The van der Waals surface area contributed by atoms with Gasteiger partial charge in [0.05, 0.1) is 11.4 Å². The fourth-order valence-electron chi connectivity index (χ4n) is 2.04. The SMILES string of the molecule is CCc1cc(COc2ccc(F)cc2[C@@H](C)N)n(C)n1. The molecule has 0 spiro atoms. The molecule has 20 heavy (non-hydrogen) atoms. The van der Waals surface area contributed by atoms with Gasteiger partial charge in [0.1, 0.15) is 18.2 Å². The van der Waals surface area contributed by atoms with Crippen molar-refractivity contribution in [3.05, 3.63) is 47.0 Å². The summed E-state index contributed by atoms with van der Waals surface area (Å²) >= 11 is 0. The molecule has 0 amide bonds. The van der Waals surface area contributed by atoms with Gasteiger partial charge in [0.2, 0.25) is 0 Å². The minimum Gasteiger partial charge on any atom is -0.487 e. The molecule has 1 aromatic carbocycles. The highest BCUT2D eigenvalue weighted by Crippen LogP contribution is 2.25. The quantitative estimate of drug-likeness (QED) is 0.914. The topological polar surface area (TPSA) is 53.1 Å². The van der Waals surface area contributed by atoms with Gasteiger partial charge in [-0.05, 0) is 37.6 Å². The second kappa shape index (κ2) is 6.05. The summed E-state index contributed by atoms with van der Waals surface area (Å²) in [6.45, 7) is 4.25. The van der Waals surface area contributed by atoms with Crippen molar-refractivity contribution in [2.24, 2.45) is 12.8 Å². The molecule has 4 nitrogen and oxygen atoms in total. The van der Waals surface area contributed by atoms with Gasteiger partial charge in [-0.2, -0.15) is 5.10 Å². The van der Waals surface area contributed by atoms with Gasteiger partial charge in [0.15, 0.2) is 0 Å². The number of hydrogen-bond donors (Lipinski definition) is 1. The average Bonchev–Trinajstić information content (AvgIpc) is 2.78. The van der Waals surface area contributed by atoms with Gasteiger partial charge in [0, 0.05) is 18.7 Å². The molecule has 1 atom stereocenters. The fraction of sp³-hybridized carbons (Fsp3) is 0.400. The van der Waals surface area contributed by atoms with Crippen LogP contribution in [0, 0.1) is 5.82 Å². The van der Waals surface area contributed by atoms with E-state index in [4.69, 9.17) is 10.5 Å². The van der Waals surface area contributed by atoms with E-state index in [9.17, 15) is 4.39 Å². The first-order valence-corrected chi connectivity index (χ1v) is 6.71. The zero-order valence-corrected chi connectivity index (χ0v) is 12.1. The van der Waals surface area contributed by atoms with Crippen LogP contribution in [0.15, 0.2) is 24.3 Å². The predicted molar refractivity (Wildman–Crippen MR) is 75.9 cm³/mol. The molecule has 108 valence electrons. The molecule has 0 bridgehead atoms. The molecule has 1 aromatic heterocycles. The van der Waals surface area contributed by atoms with Crippen molar-refractivity contribution in [2.75, 3.05) is 0 Å². The molecule has 0 aliphatic heterocycles. The molecule has 0 radical (unpaired) electrons. The second-order valence-corrected chi connectivity index (χ2v) is 4.86. The molecule has 0 aliphatic carbocycles. The van der Waals surface area contributed by atoms with E-state index in [0.29, 0.717) is 17.9 Å². The third kappa shape index (κ3) is 3.17. The summed E-state index contributed by atoms with van der Waals surface area (Å²) in [5.74, 6) is 0.305. The van der Waals surface area contributed by atoms with E-state index < -0.39 is 0 Å². The second-order valence-electron chi connectivity index (χ2n) is 4.86. The molecule has 0 fully saturated rings. The van der Waals surface area contributed by atoms with E-state index in [2.05, 4.69) is 12.0 Å². The highest BCUT2D eigenvalue weighted by atomic mass is 19.1. The lowest BCUT2D eigenvalue weighted by atomic mass is 10.1. The van der Waals surface area contributed by atoms with Crippen LogP contribution in [-0.2, 0) is 20.1 Å². The third-order valence-electron chi connectivity index (χ3n) is 3.23. The van der Waals surface area contributed by atoms with E-state index >= 15 is 0 Å². The molecule has 5 heteroatoms. The van der Waals surface area contributed by atoms with Gasteiger partial charge < -0.3 is 10.5 Å². The molecular formula is C15H20FN3O. The highest BCUT2D eigenvalue weighted by molar-refractivity contribution is 5.36. The van der Waals surface area contributed by atoms with Crippen molar-refractivity contribution in [2.45, 2.75) is 32.9 Å². The Balaban J connectivity index is 2.16. The van der Waals surface area contributed by atoms with Crippen LogP contribution in [0.2, 0.25) is 0 Å². The molecule has 0 saturated carbocycles. The zero-order valence-electron chi connectivity index (χ0n) is 12.1. The Morgan fingerprint density at radius 2 is 2.15 bits per heavy atom. The maximum atomic E-state index is 13.3. The van der Waals surface area contributed by atoms with Gasteiger partial charge in [-0.1, -0.05) is 6.92 Å². The van der Waals surface area contributed by atoms with Gasteiger partial charge in [-0.25, -0.2) is 4.39 Å². The number of rotatable bonds is 5. The summed E-state index contributed by atoms with van der Waals surface area (Å²) in [7, 11) is 1.88. The number of benzene rings is 1. The van der Waals surface area contributed by atoms with Crippen molar-refractivity contribution in [1.29, 1.82) is 0 Å². The largest absolute Gasteiger partial charge is 0.487 e. The lowest BCUT2D eigenvalue weighted by Gasteiger charge is -2.14. The smallest absolute Gasteiger partial charge is 0.130 e. The minimum atomic E-state index is -0.307. The van der Waals surface area contributed by atoms with E-state index in [1.165, 1.54) is 12.1 Å². The predicted octanol–water partition coefficient (Wildman–Crippen LogP) is 2.72. The normalized spacial score (nSPS) is 12.4. The maximum Gasteiger partial charge on any atom is 0.130 e. The number of ether oxygens (including phenoxy) is 1. The Hall–Kier alpha value is -1.88. The molecule has 2 N–H and O–H groups in total. The van der Waals surface area contributed by atoms with Crippen LogP contribution in [0.25, 0.3) is 0 Å². The Labute approximate surface area is 118 Å². The third-order valence-corrected chi connectivity index (χ3v) is 3.23. The van der Waals surface area contributed by atoms with Crippen molar-refractivity contribution < 1.29 is 9.13 Å². The first-order chi connectivity index (χ1) is 9.51. The van der Waals surface area contributed by atoms with Crippen LogP contribution < -0.4 is 10.5 Å². The van der Waals surface area contributed by atoms with Crippen LogP contribution in [0.4, 0.5) is 4.39 Å². The lowest BCUT2D eigenvalue weighted by Crippen LogP contribution is -2.09. The molecule has 2 rings (SSSR count). The van der Waals surface area contributed by atoms with Gasteiger partial charge >= 0.3 is 0 Å². The first kappa shape index (κ1) is 14.5. The van der Waals surface area contributed by atoms with E-state index in [0.717, 1.165) is 17.8 Å². The number of hydrogen-bond acceptors (Lipinski definition) is 3. The number of halogens is 1. The number of aromatic nitrogens is 2. The Kier molecular flexibility index (Phi) is 4.39. The van der Waals surface area contributed by atoms with E-state index in [1.807, 2.05) is 13.1 Å². The Morgan fingerprint density at radius 1 is 1.40 bits per heavy atom. The van der Waals surface area contributed by atoms with Crippen LogP contribution >= 0.6 is 0 Å². The highest BCUT2D eigenvalue weighted by Gasteiger charge is 2.11. The van der Waals surface area contributed by atoms with Crippen molar-refractivity contribution in [3.63, 3.8) is 0 Å². The minimum absolute atomic E-state index is 0.279.